The van der Waals surface area contributed by atoms with E-state index in [1.54, 1.807) is 17.7 Å². The third-order valence-electron chi connectivity index (χ3n) is 5.50. The van der Waals surface area contributed by atoms with Crippen molar-refractivity contribution in [2.45, 2.75) is 24.9 Å². The fourth-order valence-corrected chi connectivity index (χ4v) is 5.29. The van der Waals surface area contributed by atoms with Crippen LogP contribution in [0.2, 0.25) is 5.02 Å². The Morgan fingerprint density at radius 1 is 1.14 bits per heavy atom. The van der Waals surface area contributed by atoms with Crippen molar-refractivity contribution in [2.75, 3.05) is 18.4 Å². The van der Waals surface area contributed by atoms with Gasteiger partial charge in [-0.3, -0.25) is 4.90 Å². The highest BCUT2D eigenvalue weighted by Gasteiger charge is 2.28. The van der Waals surface area contributed by atoms with Crippen LogP contribution in [0.3, 0.4) is 0 Å². The first-order chi connectivity index (χ1) is 14.3. The lowest BCUT2D eigenvalue weighted by Gasteiger charge is -2.37. The third kappa shape index (κ3) is 4.01. The van der Waals surface area contributed by atoms with Crippen molar-refractivity contribution in [3.8, 4) is 0 Å². The standard InChI is InChI=1S/C22H22ClN5S/c23-16-6-7-18-20(12-16)29-22(27-18)26-17-8-10-28(11-9-17)21(19-13-24-14-25-19)15-4-2-1-3-5-15/h1-7,12-14,17,21H,8-11H2,(H,24,25)(H,26,27). The number of nitrogens with one attached hydrogen (secondary N) is 2. The maximum atomic E-state index is 6.10. The summed E-state index contributed by atoms with van der Waals surface area (Å²) in [6, 6.07) is 17.2. The first-order valence-electron chi connectivity index (χ1n) is 9.86. The molecule has 0 spiro atoms. The number of fused-ring (bicyclic) bond motifs is 1. The molecule has 5 nitrogen and oxygen atoms in total. The number of hydrogen-bond donors (Lipinski definition) is 2. The van der Waals surface area contributed by atoms with E-state index in [4.69, 9.17) is 16.6 Å². The van der Waals surface area contributed by atoms with Crippen molar-refractivity contribution in [3.63, 3.8) is 0 Å². The van der Waals surface area contributed by atoms with Gasteiger partial charge in [0, 0.05) is 30.4 Å². The molecule has 2 aromatic heterocycles. The molecule has 1 fully saturated rings. The smallest absolute Gasteiger partial charge is 0.184 e. The largest absolute Gasteiger partial charge is 0.359 e. The minimum Gasteiger partial charge on any atom is -0.359 e. The fraction of sp³-hybridized carbons (Fsp3) is 0.273. The summed E-state index contributed by atoms with van der Waals surface area (Å²) in [5.74, 6) is 0. The van der Waals surface area contributed by atoms with Crippen LogP contribution in [-0.4, -0.2) is 39.0 Å². The number of aromatic amines is 1. The number of benzene rings is 2. The lowest BCUT2D eigenvalue weighted by molar-refractivity contribution is 0.177. The number of H-pyrrole nitrogens is 1. The molecule has 0 radical (unpaired) electrons. The van der Waals surface area contributed by atoms with Crippen molar-refractivity contribution >= 4 is 38.3 Å². The van der Waals surface area contributed by atoms with Crippen LogP contribution in [0.4, 0.5) is 5.13 Å². The van der Waals surface area contributed by atoms with Gasteiger partial charge in [-0.1, -0.05) is 53.3 Å². The van der Waals surface area contributed by atoms with Crippen LogP contribution < -0.4 is 5.32 Å². The van der Waals surface area contributed by atoms with Gasteiger partial charge in [-0.15, -0.1) is 0 Å². The van der Waals surface area contributed by atoms with Crippen LogP contribution in [0.15, 0.2) is 61.1 Å². The predicted octanol–water partition coefficient (Wildman–Crippen LogP) is 5.34. The summed E-state index contributed by atoms with van der Waals surface area (Å²) in [5, 5.41) is 5.38. The van der Waals surface area contributed by atoms with Crippen molar-refractivity contribution < 1.29 is 0 Å². The van der Waals surface area contributed by atoms with E-state index in [1.807, 2.05) is 24.4 Å². The molecule has 29 heavy (non-hydrogen) atoms. The SMILES string of the molecule is Clc1ccc2nc(NC3CCN(C(c4ccccc4)c4cnc[nH]4)CC3)sc2c1. The molecule has 3 heterocycles. The molecule has 1 aliphatic rings. The number of thiazole rings is 1. The summed E-state index contributed by atoms with van der Waals surface area (Å²) < 4.78 is 1.13. The zero-order valence-electron chi connectivity index (χ0n) is 15.9. The van der Waals surface area contributed by atoms with Gasteiger partial charge < -0.3 is 10.3 Å². The van der Waals surface area contributed by atoms with Gasteiger partial charge in [0.15, 0.2) is 5.13 Å². The molecular formula is C22H22ClN5S. The second-order valence-electron chi connectivity index (χ2n) is 7.41. The topological polar surface area (TPSA) is 56.8 Å². The van der Waals surface area contributed by atoms with E-state index in [2.05, 4.69) is 50.5 Å². The summed E-state index contributed by atoms with van der Waals surface area (Å²) in [7, 11) is 0. The minimum atomic E-state index is 0.212. The Kier molecular flexibility index (Phi) is 5.23. The van der Waals surface area contributed by atoms with Crippen LogP contribution in [0.25, 0.3) is 10.2 Å². The predicted molar refractivity (Wildman–Crippen MR) is 120 cm³/mol. The molecule has 0 saturated carbocycles. The van der Waals surface area contributed by atoms with Gasteiger partial charge in [-0.25, -0.2) is 9.97 Å². The number of imidazole rings is 1. The van der Waals surface area contributed by atoms with Crippen LogP contribution in [0.5, 0.6) is 0 Å². The van der Waals surface area contributed by atoms with Gasteiger partial charge in [0.05, 0.1) is 28.3 Å². The fourth-order valence-electron chi connectivity index (χ4n) is 4.08. The summed E-state index contributed by atoms with van der Waals surface area (Å²) in [6.45, 7) is 2.04. The molecule has 0 aliphatic carbocycles. The van der Waals surface area contributed by atoms with Crippen LogP contribution in [0.1, 0.15) is 30.1 Å². The van der Waals surface area contributed by atoms with E-state index in [9.17, 15) is 0 Å². The molecule has 2 aromatic carbocycles. The lowest BCUT2D eigenvalue weighted by atomic mass is 9.97. The zero-order chi connectivity index (χ0) is 19.6. The Bertz CT molecular complexity index is 1070. The highest BCUT2D eigenvalue weighted by atomic mass is 35.5. The second kappa shape index (κ2) is 8.14. The van der Waals surface area contributed by atoms with Crippen LogP contribution >= 0.6 is 22.9 Å². The minimum absolute atomic E-state index is 0.212. The van der Waals surface area contributed by atoms with E-state index < -0.39 is 0 Å². The summed E-state index contributed by atoms with van der Waals surface area (Å²) in [6.07, 6.45) is 5.86. The maximum absolute atomic E-state index is 6.10. The molecule has 0 amide bonds. The van der Waals surface area contributed by atoms with E-state index in [0.717, 1.165) is 52.0 Å². The van der Waals surface area contributed by atoms with Gasteiger partial charge in [0.2, 0.25) is 0 Å². The molecule has 4 aromatic rings. The summed E-state index contributed by atoms with van der Waals surface area (Å²) >= 11 is 7.78. The maximum Gasteiger partial charge on any atom is 0.184 e. The quantitative estimate of drug-likeness (QED) is 0.455. The number of hydrogen-bond acceptors (Lipinski definition) is 5. The number of likely N-dealkylation sites (tertiary alicyclic amines) is 1. The normalized spacial score (nSPS) is 16.9. The zero-order valence-corrected chi connectivity index (χ0v) is 17.5. The molecule has 5 rings (SSSR count). The van der Waals surface area contributed by atoms with E-state index in [0.29, 0.717) is 6.04 Å². The van der Waals surface area contributed by atoms with Gasteiger partial charge in [0.1, 0.15) is 0 Å². The first-order valence-corrected chi connectivity index (χ1v) is 11.1. The third-order valence-corrected chi connectivity index (χ3v) is 6.69. The van der Waals surface area contributed by atoms with Gasteiger partial charge in [0.25, 0.3) is 0 Å². The van der Waals surface area contributed by atoms with Gasteiger partial charge in [-0.05, 0) is 36.6 Å². The molecule has 1 saturated heterocycles. The van der Waals surface area contributed by atoms with Crippen molar-refractivity contribution in [1.82, 2.24) is 19.9 Å². The monoisotopic (exact) mass is 423 g/mol. The van der Waals surface area contributed by atoms with E-state index >= 15 is 0 Å². The van der Waals surface area contributed by atoms with E-state index in [-0.39, 0.29) is 6.04 Å². The molecule has 0 bridgehead atoms. The second-order valence-corrected chi connectivity index (χ2v) is 8.87. The van der Waals surface area contributed by atoms with Crippen LogP contribution in [-0.2, 0) is 0 Å². The van der Waals surface area contributed by atoms with Crippen LogP contribution in [0, 0.1) is 0 Å². The molecule has 1 aliphatic heterocycles. The highest BCUT2D eigenvalue weighted by molar-refractivity contribution is 7.22. The number of piperidine rings is 1. The Hall–Kier alpha value is -2.41. The number of nitrogens with zero attached hydrogens (tertiary/aromatic N) is 3. The summed E-state index contributed by atoms with van der Waals surface area (Å²) in [4.78, 5) is 14.8. The molecule has 2 N–H and O–H groups in total. The molecule has 7 heteroatoms. The Balaban J connectivity index is 1.28. The number of rotatable bonds is 5. The average Bonchev–Trinajstić information content (AvgIpc) is 3.40. The van der Waals surface area contributed by atoms with Crippen molar-refractivity contribution in [1.29, 1.82) is 0 Å². The van der Waals surface area contributed by atoms with E-state index in [1.165, 1.54) is 5.56 Å². The number of anilines is 1. The van der Waals surface area contributed by atoms with Gasteiger partial charge >= 0.3 is 0 Å². The highest BCUT2D eigenvalue weighted by Crippen LogP contribution is 2.32. The molecule has 1 unspecified atom stereocenters. The number of aromatic nitrogens is 3. The average molecular weight is 424 g/mol. The molecular weight excluding hydrogens is 402 g/mol. The van der Waals surface area contributed by atoms with Crippen molar-refractivity contribution in [2.24, 2.45) is 0 Å². The van der Waals surface area contributed by atoms with Gasteiger partial charge in [-0.2, -0.15) is 0 Å². The Morgan fingerprint density at radius 2 is 1.97 bits per heavy atom. The van der Waals surface area contributed by atoms with Crippen molar-refractivity contribution in [3.05, 3.63) is 77.3 Å². The Labute approximate surface area is 178 Å². The lowest BCUT2D eigenvalue weighted by Crippen LogP contribution is -2.41. The molecule has 1 atom stereocenters. The summed E-state index contributed by atoms with van der Waals surface area (Å²) in [5.41, 5.74) is 3.44. The first kappa shape index (κ1) is 18.6. The number of halogens is 1. The molecule has 148 valence electrons. The Morgan fingerprint density at radius 3 is 2.72 bits per heavy atom.